The second-order valence-electron chi connectivity index (χ2n) is 5.94. The molecule has 8 heteroatoms. The van der Waals surface area contributed by atoms with Crippen molar-refractivity contribution in [1.82, 2.24) is 25.9 Å². The van der Waals surface area contributed by atoms with Crippen LogP contribution < -0.4 is 20.9 Å². The van der Waals surface area contributed by atoms with Crippen LogP contribution in [0.3, 0.4) is 0 Å². The Morgan fingerprint density at radius 1 is 1.44 bits per heavy atom. The number of nitrogens with one attached hydrogen (secondary N) is 3. The highest BCUT2D eigenvalue weighted by Crippen LogP contribution is 2.16. The number of aryl methyl sites for hydroxylation is 1. The fourth-order valence-electron chi connectivity index (χ4n) is 2.64. The van der Waals surface area contributed by atoms with Crippen molar-refractivity contribution in [2.45, 2.75) is 38.5 Å². The van der Waals surface area contributed by atoms with Crippen LogP contribution in [-0.4, -0.2) is 34.4 Å². The van der Waals surface area contributed by atoms with Crippen molar-refractivity contribution >= 4 is 5.91 Å². The molecule has 3 rings (SSSR count). The smallest absolute Gasteiger partial charge is 0.238 e. The van der Waals surface area contributed by atoms with Gasteiger partial charge in [0, 0.05) is 24.8 Å². The molecule has 0 bridgehead atoms. The zero-order chi connectivity index (χ0) is 17.6. The molecule has 1 saturated heterocycles. The summed E-state index contributed by atoms with van der Waals surface area (Å²) in [7, 11) is 0. The second-order valence-corrected chi connectivity index (χ2v) is 5.94. The summed E-state index contributed by atoms with van der Waals surface area (Å²) in [5.41, 5.74) is 6.93. The molecule has 2 heterocycles. The number of hydrogen-bond donors (Lipinski definition) is 3. The third kappa shape index (κ3) is 4.55. The molecule has 2 aromatic rings. The molecule has 1 aliphatic heterocycles. The zero-order valence-electron chi connectivity index (χ0n) is 14.0. The lowest BCUT2D eigenvalue weighted by Crippen LogP contribution is -2.43. The largest absolute Gasteiger partial charge is 0.489 e. The average molecular weight is 347 g/mol. The Bertz CT molecular complexity index is 721. The minimum Gasteiger partial charge on any atom is -0.489 e. The molecule has 3 N–H and O–H groups in total. The molecule has 0 aliphatic carbocycles. The lowest BCUT2D eigenvalue weighted by molar-refractivity contribution is -0.123. The molecule has 2 unspecified atom stereocenters. The van der Waals surface area contributed by atoms with Crippen LogP contribution in [0.15, 0.2) is 36.7 Å². The van der Waals surface area contributed by atoms with Crippen LogP contribution in [0.1, 0.15) is 18.9 Å². The molecule has 0 saturated carbocycles. The molecule has 25 heavy (non-hydrogen) atoms. The normalized spacial score (nSPS) is 19.8. The van der Waals surface area contributed by atoms with Crippen molar-refractivity contribution < 1.29 is 13.9 Å². The predicted molar refractivity (Wildman–Crippen MR) is 90.1 cm³/mol. The van der Waals surface area contributed by atoms with Crippen molar-refractivity contribution in [1.29, 1.82) is 0 Å². The fraction of sp³-hybridized carbons (Fsp3) is 0.412. The molecule has 1 fully saturated rings. The number of ether oxygens (including phenoxy) is 1. The fourth-order valence-corrected chi connectivity index (χ4v) is 2.64. The number of nitrogens with zero attached hydrogens (tertiary/aromatic N) is 2. The molecule has 1 aromatic carbocycles. The van der Waals surface area contributed by atoms with E-state index in [1.54, 1.807) is 24.4 Å². The van der Waals surface area contributed by atoms with Crippen molar-refractivity contribution in [3.8, 4) is 5.75 Å². The van der Waals surface area contributed by atoms with Crippen LogP contribution in [0.25, 0.3) is 0 Å². The van der Waals surface area contributed by atoms with E-state index in [4.69, 9.17) is 4.74 Å². The van der Waals surface area contributed by atoms with Gasteiger partial charge in [-0.2, -0.15) is 5.10 Å². The Morgan fingerprint density at radius 2 is 2.28 bits per heavy atom. The Morgan fingerprint density at radius 3 is 3.04 bits per heavy atom. The molecule has 1 amide bonds. The first-order chi connectivity index (χ1) is 12.2. The Kier molecular flexibility index (Phi) is 5.62. The van der Waals surface area contributed by atoms with Crippen LogP contribution in [0.2, 0.25) is 0 Å². The standard InChI is InChI=1S/C17H22FN5O2/c1-2-23-10-12(9-20-23)8-19-17(24)15-7-13(21-22-15)11-25-16-6-4-3-5-14(16)18/h3-6,9-10,13,15,21-22H,2,7-8,11H2,1H3,(H,19,24). The Hall–Kier alpha value is -2.45. The van der Waals surface area contributed by atoms with Gasteiger partial charge in [0.1, 0.15) is 12.6 Å². The molecule has 1 aromatic heterocycles. The molecular weight excluding hydrogens is 325 g/mol. The van der Waals surface area contributed by atoms with E-state index < -0.39 is 5.82 Å². The number of amides is 1. The van der Waals surface area contributed by atoms with E-state index >= 15 is 0 Å². The van der Waals surface area contributed by atoms with Gasteiger partial charge in [0.2, 0.25) is 5.91 Å². The highest BCUT2D eigenvalue weighted by atomic mass is 19.1. The first kappa shape index (κ1) is 17.4. The summed E-state index contributed by atoms with van der Waals surface area (Å²) in [5, 5.41) is 7.06. The maximum atomic E-state index is 13.5. The maximum absolute atomic E-state index is 13.5. The number of carbonyl (C=O) groups excluding carboxylic acids is 1. The zero-order valence-corrected chi connectivity index (χ0v) is 14.0. The van der Waals surface area contributed by atoms with Gasteiger partial charge in [-0.1, -0.05) is 12.1 Å². The molecule has 7 nitrogen and oxygen atoms in total. The minimum atomic E-state index is -0.393. The van der Waals surface area contributed by atoms with Gasteiger partial charge in [-0.15, -0.1) is 0 Å². The van der Waals surface area contributed by atoms with Gasteiger partial charge in [0.05, 0.1) is 12.2 Å². The minimum absolute atomic E-state index is 0.0711. The van der Waals surface area contributed by atoms with Gasteiger partial charge in [-0.25, -0.2) is 9.82 Å². The third-order valence-corrected chi connectivity index (χ3v) is 4.05. The van der Waals surface area contributed by atoms with Gasteiger partial charge in [-0.3, -0.25) is 14.9 Å². The summed E-state index contributed by atoms with van der Waals surface area (Å²) < 4.78 is 20.8. The van der Waals surface area contributed by atoms with Gasteiger partial charge in [-0.05, 0) is 25.5 Å². The van der Waals surface area contributed by atoms with Crippen molar-refractivity contribution in [2.24, 2.45) is 0 Å². The number of para-hydroxylation sites is 1. The predicted octanol–water partition coefficient (Wildman–Crippen LogP) is 0.972. The number of halogens is 1. The van der Waals surface area contributed by atoms with Gasteiger partial charge in [0.25, 0.3) is 0 Å². The number of carbonyl (C=O) groups is 1. The van der Waals surface area contributed by atoms with Gasteiger partial charge >= 0.3 is 0 Å². The number of aromatic nitrogens is 2. The highest BCUT2D eigenvalue weighted by Gasteiger charge is 2.29. The quantitative estimate of drug-likeness (QED) is 0.696. The number of hydrogen-bond acceptors (Lipinski definition) is 5. The van der Waals surface area contributed by atoms with Crippen LogP contribution in [-0.2, 0) is 17.9 Å². The summed E-state index contributed by atoms with van der Waals surface area (Å²) in [6, 6.07) is 5.84. The van der Waals surface area contributed by atoms with Crippen molar-refractivity contribution in [3.05, 3.63) is 48.0 Å². The van der Waals surface area contributed by atoms with Gasteiger partial charge < -0.3 is 10.1 Å². The average Bonchev–Trinajstić information content (AvgIpc) is 3.28. The van der Waals surface area contributed by atoms with E-state index in [-0.39, 0.29) is 30.3 Å². The van der Waals surface area contributed by atoms with Crippen LogP contribution in [0.4, 0.5) is 4.39 Å². The molecule has 2 atom stereocenters. The molecule has 1 aliphatic rings. The number of rotatable bonds is 7. The topological polar surface area (TPSA) is 80.2 Å². The monoisotopic (exact) mass is 347 g/mol. The Balaban J connectivity index is 1.42. The first-order valence-electron chi connectivity index (χ1n) is 8.33. The SMILES string of the molecule is CCn1cc(CNC(=O)C2CC(COc3ccccc3F)NN2)cn1. The molecule has 134 valence electrons. The molecular formula is C17H22FN5O2. The van der Waals surface area contributed by atoms with Gasteiger partial charge in [0.15, 0.2) is 11.6 Å². The highest BCUT2D eigenvalue weighted by molar-refractivity contribution is 5.82. The van der Waals surface area contributed by atoms with E-state index in [0.717, 1.165) is 12.1 Å². The summed E-state index contributed by atoms with van der Waals surface area (Å²) in [5.74, 6) is -0.273. The first-order valence-corrected chi connectivity index (χ1v) is 8.33. The lowest BCUT2D eigenvalue weighted by Gasteiger charge is -2.12. The van der Waals surface area contributed by atoms with Crippen molar-refractivity contribution in [2.75, 3.05) is 6.61 Å². The van der Waals surface area contributed by atoms with E-state index in [9.17, 15) is 9.18 Å². The van der Waals surface area contributed by atoms with Crippen LogP contribution in [0.5, 0.6) is 5.75 Å². The molecule has 0 spiro atoms. The summed E-state index contributed by atoms with van der Waals surface area (Å²) >= 11 is 0. The summed E-state index contributed by atoms with van der Waals surface area (Å²) in [6.45, 7) is 3.52. The maximum Gasteiger partial charge on any atom is 0.238 e. The number of benzene rings is 1. The van der Waals surface area contributed by atoms with Crippen LogP contribution >= 0.6 is 0 Å². The summed E-state index contributed by atoms with van der Waals surface area (Å²) in [6.07, 6.45) is 4.22. The van der Waals surface area contributed by atoms with E-state index in [1.165, 1.54) is 6.07 Å². The lowest BCUT2D eigenvalue weighted by atomic mass is 10.1. The third-order valence-electron chi connectivity index (χ3n) is 4.05. The van der Waals surface area contributed by atoms with E-state index in [2.05, 4.69) is 21.3 Å². The van der Waals surface area contributed by atoms with E-state index in [1.807, 2.05) is 17.8 Å². The van der Waals surface area contributed by atoms with Crippen molar-refractivity contribution in [3.63, 3.8) is 0 Å². The summed E-state index contributed by atoms with van der Waals surface area (Å²) in [4.78, 5) is 12.2. The van der Waals surface area contributed by atoms with Crippen LogP contribution in [0, 0.1) is 5.82 Å². The second kappa shape index (κ2) is 8.09. The Labute approximate surface area is 145 Å². The number of hydrazine groups is 1. The van der Waals surface area contributed by atoms with E-state index in [0.29, 0.717) is 13.0 Å². The molecule has 0 radical (unpaired) electrons.